The summed E-state index contributed by atoms with van der Waals surface area (Å²) in [5, 5.41) is 16.5. The summed E-state index contributed by atoms with van der Waals surface area (Å²) in [7, 11) is -2.43. The molecule has 4 rings (SSSR count). The third-order valence-electron chi connectivity index (χ3n) is 7.36. The van der Waals surface area contributed by atoms with Crippen LogP contribution in [0.1, 0.15) is 30.9 Å². The number of aliphatic hydroxyl groups is 1. The quantitative estimate of drug-likeness (QED) is 0.347. The lowest BCUT2D eigenvalue weighted by Crippen LogP contribution is -2.48. The number of nitrogens with zero attached hydrogens (tertiary/aromatic N) is 3. The molecular formula is C29H36FN5O7S. The van der Waals surface area contributed by atoms with Gasteiger partial charge in [-0.2, -0.15) is 0 Å². The van der Waals surface area contributed by atoms with E-state index in [4.69, 9.17) is 9.26 Å². The number of hydrogen-bond donors (Lipinski definition) is 3. The van der Waals surface area contributed by atoms with Crippen molar-refractivity contribution in [3.8, 4) is 5.75 Å². The van der Waals surface area contributed by atoms with Crippen LogP contribution in [-0.4, -0.2) is 79.3 Å². The van der Waals surface area contributed by atoms with Gasteiger partial charge in [0.05, 0.1) is 30.5 Å². The predicted molar refractivity (Wildman–Crippen MR) is 157 cm³/mol. The van der Waals surface area contributed by atoms with Crippen molar-refractivity contribution in [2.75, 3.05) is 36.8 Å². The molecule has 12 nitrogen and oxygen atoms in total. The number of carbonyl (C=O) groups is 2. The van der Waals surface area contributed by atoms with Crippen LogP contribution in [0.15, 0.2) is 51.9 Å². The van der Waals surface area contributed by atoms with E-state index in [0.717, 1.165) is 24.3 Å². The first-order valence-corrected chi connectivity index (χ1v) is 15.2. The number of sulfonamides is 1. The molecule has 3 atom stereocenters. The van der Waals surface area contributed by atoms with Crippen LogP contribution in [0.3, 0.4) is 0 Å². The van der Waals surface area contributed by atoms with Crippen molar-refractivity contribution in [3.05, 3.63) is 65.3 Å². The standard InChI is InChI=1S/C29H36FN5O7S/c1-17-14-35(18(2)16-36)27(37)13-21-12-23(33-43(39,40)24-9-6-22(30)7-10-24)8-11-25(21)41-26(17)15-34(5)29(38)31-28-19(3)32-42-20(28)4/h6-12,17-18,26,33,36H,13-16H2,1-5H3,(H,31,38)/t17-,18-,26+/m0/s1. The highest BCUT2D eigenvalue weighted by Crippen LogP contribution is 2.30. The van der Waals surface area contributed by atoms with E-state index >= 15 is 0 Å². The van der Waals surface area contributed by atoms with Gasteiger partial charge in [-0.15, -0.1) is 0 Å². The molecule has 3 aromatic rings. The van der Waals surface area contributed by atoms with Gasteiger partial charge in [0.2, 0.25) is 5.91 Å². The number of aromatic nitrogens is 1. The van der Waals surface area contributed by atoms with E-state index in [2.05, 4.69) is 15.2 Å². The molecule has 0 aliphatic carbocycles. The number of carbonyl (C=O) groups excluding carboxylic acids is 2. The fraction of sp³-hybridized carbons (Fsp3) is 0.414. The average Bonchev–Trinajstić information content (AvgIpc) is 3.29. The maximum absolute atomic E-state index is 13.5. The monoisotopic (exact) mass is 617 g/mol. The van der Waals surface area contributed by atoms with Crippen LogP contribution in [-0.2, 0) is 21.2 Å². The van der Waals surface area contributed by atoms with Gasteiger partial charge in [-0.1, -0.05) is 12.1 Å². The Balaban J connectivity index is 1.62. The minimum Gasteiger partial charge on any atom is -0.488 e. The first-order chi connectivity index (χ1) is 20.3. The highest BCUT2D eigenvalue weighted by molar-refractivity contribution is 7.92. The number of hydrogen-bond acceptors (Lipinski definition) is 8. The first-order valence-electron chi connectivity index (χ1n) is 13.7. The smallest absolute Gasteiger partial charge is 0.321 e. The molecule has 0 saturated heterocycles. The number of anilines is 2. The number of amides is 3. The minimum absolute atomic E-state index is 0.117. The van der Waals surface area contributed by atoms with E-state index in [1.54, 1.807) is 38.8 Å². The molecule has 43 heavy (non-hydrogen) atoms. The molecule has 0 bridgehead atoms. The zero-order valence-electron chi connectivity index (χ0n) is 24.6. The van der Waals surface area contributed by atoms with Crippen LogP contribution in [0.4, 0.5) is 20.6 Å². The summed E-state index contributed by atoms with van der Waals surface area (Å²) in [5.74, 6) is -0.285. The van der Waals surface area contributed by atoms with E-state index in [-0.39, 0.29) is 48.5 Å². The molecule has 0 unspecified atom stereocenters. The van der Waals surface area contributed by atoms with Crippen LogP contribution in [0.5, 0.6) is 5.75 Å². The molecule has 0 fully saturated rings. The van der Waals surface area contributed by atoms with Gasteiger partial charge in [0.1, 0.15) is 29.1 Å². The Morgan fingerprint density at radius 1 is 1.23 bits per heavy atom. The summed E-state index contributed by atoms with van der Waals surface area (Å²) in [6.45, 7) is 7.18. The molecule has 2 aromatic carbocycles. The second-order valence-electron chi connectivity index (χ2n) is 10.8. The highest BCUT2D eigenvalue weighted by Gasteiger charge is 2.32. The predicted octanol–water partition coefficient (Wildman–Crippen LogP) is 3.54. The number of urea groups is 1. The Morgan fingerprint density at radius 3 is 2.56 bits per heavy atom. The maximum Gasteiger partial charge on any atom is 0.321 e. The van der Waals surface area contributed by atoms with E-state index in [9.17, 15) is 27.5 Å². The molecule has 1 aliphatic heterocycles. The lowest BCUT2D eigenvalue weighted by Gasteiger charge is -2.34. The number of nitrogens with one attached hydrogen (secondary N) is 2. The van der Waals surface area contributed by atoms with Crippen LogP contribution in [0, 0.1) is 25.6 Å². The summed E-state index contributed by atoms with van der Waals surface area (Å²) in [4.78, 5) is 29.4. The first kappa shape index (κ1) is 31.8. The molecule has 1 aromatic heterocycles. The molecule has 14 heteroatoms. The van der Waals surface area contributed by atoms with Crippen LogP contribution < -0.4 is 14.8 Å². The van der Waals surface area contributed by atoms with Crippen molar-refractivity contribution in [1.82, 2.24) is 15.0 Å². The van der Waals surface area contributed by atoms with Gasteiger partial charge in [0, 0.05) is 30.8 Å². The van der Waals surface area contributed by atoms with Crippen LogP contribution in [0.2, 0.25) is 0 Å². The van der Waals surface area contributed by atoms with Gasteiger partial charge in [0.25, 0.3) is 10.0 Å². The van der Waals surface area contributed by atoms with E-state index in [0.29, 0.717) is 28.5 Å². The van der Waals surface area contributed by atoms with Gasteiger partial charge >= 0.3 is 6.03 Å². The number of aliphatic hydroxyl groups excluding tert-OH is 1. The van der Waals surface area contributed by atoms with Crippen molar-refractivity contribution < 1.29 is 36.8 Å². The maximum atomic E-state index is 13.5. The zero-order valence-corrected chi connectivity index (χ0v) is 25.4. The molecule has 3 N–H and O–H groups in total. The van der Waals surface area contributed by atoms with Crippen LogP contribution >= 0.6 is 0 Å². The Morgan fingerprint density at radius 2 is 1.93 bits per heavy atom. The van der Waals surface area contributed by atoms with Crippen molar-refractivity contribution in [1.29, 1.82) is 0 Å². The lowest BCUT2D eigenvalue weighted by atomic mass is 10.0. The Hall–Kier alpha value is -4.17. The second-order valence-corrected chi connectivity index (χ2v) is 12.5. The molecule has 0 radical (unpaired) electrons. The molecule has 0 spiro atoms. The third kappa shape index (κ3) is 7.43. The van der Waals surface area contributed by atoms with Crippen molar-refractivity contribution >= 4 is 33.3 Å². The third-order valence-corrected chi connectivity index (χ3v) is 8.76. The number of halogens is 1. The van der Waals surface area contributed by atoms with E-state index in [1.165, 1.54) is 17.0 Å². The number of fused-ring (bicyclic) bond motifs is 1. The Kier molecular flexibility index (Phi) is 9.60. The van der Waals surface area contributed by atoms with Crippen molar-refractivity contribution in [2.24, 2.45) is 5.92 Å². The number of rotatable bonds is 8. The fourth-order valence-corrected chi connectivity index (χ4v) is 5.80. The second kappa shape index (κ2) is 13.0. The van der Waals surface area contributed by atoms with Crippen molar-refractivity contribution in [3.63, 3.8) is 0 Å². The number of aryl methyl sites for hydroxylation is 2. The Labute approximate surface area is 249 Å². The molecule has 2 heterocycles. The summed E-state index contributed by atoms with van der Waals surface area (Å²) in [6.07, 6.45) is -0.701. The van der Waals surface area contributed by atoms with E-state index in [1.807, 2.05) is 6.92 Å². The molecule has 3 amide bonds. The van der Waals surface area contributed by atoms with Gasteiger partial charge in [-0.3, -0.25) is 9.52 Å². The summed E-state index contributed by atoms with van der Waals surface area (Å²) >= 11 is 0. The summed E-state index contributed by atoms with van der Waals surface area (Å²) in [6, 6.07) is 8.10. The van der Waals surface area contributed by atoms with Gasteiger partial charge in [-0.05, 0) is 63.2 Å². The van der Waals surface area contributed by atoms with E-state index < -0.39 is 34.0 Å². The summed E-state index contributed by atoms with van der Waals surface area (Å²) < 4.78 is 53.2. The largest absolute Gasteiger partial charge is 0.488 e. The molecular weight excluding hydrogens is 581 g/mol. The lowest BCUT2D eigenvalue weighted by molar-refractivity contribution is -0.134. The normalized spacial score (nSPS) is 18.0. The Bertz CT molecular complexity index is 1560. The number of ether oxygens (including phenoxy) is 1. The van der Waals surface area contributed by atoms with Gasteiger partial charge in [-0.25, -0.2) is 17.6 Å². The molecule has 0 saturated carbocycles. The SMILES string of the molecule is Cc1noc(C)c1NC(=O)N(C)C[C@H]1Oc2ccc(NS(=O)(=O)c3ccc(F)cc3)cc2CC(=O)N([C@@H](C)CO)C[C@@H]1C. The fourth-order valence-electron chi connectivity index (χ4n) is 4.76. The number of likely N-dealkylation sites (N-methyl/N-ethyl adjacent to an activating group) is 1. The van der Waals surface area contributed by atoms with Crippen molar-refractivity contribution in [2.45, 2.75) is 51.2 Å². The zero-order chi connectivity index (χ0) is 31.5. The summed E-state index contributed by atoms with van der Waals surface area (Å²) in [5.41, 5.74) is 1.62. The molecule has 232 valence electrons. The highest BCUT2D eigenvalue weighted by atomic mass is 32.2. The van der Waals surface area contributed by atoms with Gasteiger partial charge in [0.15, 0.2) is 5.76 Å². The van der Waals surface area contributed by atoms with Gasteiger partial charge < -0.3 is 29.5 Å². The average molecular weight is 618 g/mol. The molecule has 1 aliphatic rings. The minimum atomic E-state index is -4.04. The number of benzene rings is 2. The topological polar surface area (TPSA) is 154 Å². The van der Waals surface area contributed by atoms with Crippen LogP contribution in [0.25, 0.3) is 0 Å².